The average molecular weight is 437 g/mol. The summed E-state index contributed by atoms with van der Waals surface area (Å²) in [6.07, 6.45) is 3.81. The van der Waals surface area contributed by atoms with Gasteiger partial charge in [0.05, 0.1) is 6.10 Å². The van der Waals surface area contributed by atoms with Gasteiger partial charge in [0, 0.05) is 39.8 Å². The van der Waals surface area contributed by atoms with Gasteiger partial charge in [0.25, 0.3) is 0 Å². The third-order valence-corrected chi connectivity index (χ3v) is 6.25. The molecule has 2 aromatic rings. The van der Waals surface area contributed by atoms with Crippen molar-refractivity contribution in [3.8, 4) is 0 Å². The quantitative estimate of drug-likeness (QED) is 0.315. The number of rotatable bonds is 9. The summed E-state index contributed by atoms with van der Waals surface area (Å²) >= 11 is 0. The maximum Gasteiger partial charge on any atom is 0.191 e. The molecule has 1 fully saturated rings. The summed E-state index contributed by atoms with van der Waals surface area (Å²) in [6.45, 7) is 9.04. The van der Waals surface area contributed by atoms with Crippen LogP contribution in [0.15, 0.2) is 53.5 Å². The maximum absolute atomic E-state index is 9.65. The summed E-state index contributed by atoms with van der Waals surface area (Å²) < 4.78 is 0. The summed E-state index contributed by atoms with van der Waals surface area (Å²) in [7, 11) is 1.82. The molecule has 2 aromatic carbocycles. The molecule has 0 aromatic heterocycles. The first-order chi connectivity index (χ1) is 15.5. The zero-order chi connectivity index (χ0) is 22.8. The second-order valence-electron chi connectivity index (χ2n) is 9.18. The lowest BCUT2D eigenvalue weighted by Crippen LogP contribution is -2.37. The molecule has 5 heteroatoms. The summed E-state index contributed by atoms with van der Waals surface area (Å²) in [6, 6.07) is 17.8. The highest BCUT2D eigenvalue weighted by Gasteiger charge is 2.16. The summed E-state index contributed by atoms with van der Waals surface area (Å²) in [5.74, 6) is 1.43. The molecular formula is C27H40N4O. The van der Waals surface area contributed by atoms with E-state index in [1.165, 1.54) is 22.3 Å². The van der Waals surface area contributed by atoms with Crippen LogP contribution in [0, 0.1) is 0 Å². The second kappa shape index (κ2) is 12.6. The Hall–Kier alpha value is -2.37. The fourth-order valence-electron chi connectivity index (χ4n) is 4.07. The third-order valence-electron chi connectivity index (χ3n) is 6.25. The van der Waals surface area contributed by atoms with Crippen LogP contribution in [-0.4, -0.2) is 48.8 Å². The van der Waals surface area contributed by atoms with Gasteiger partial charge >= 0.3 is 0 Å². The molecule has 1 saturated heterocycles. The minimum absolute atomic E-state index is 0.112. The largest absolute Gasteiger partial charge is 0.393 e. The lowest BCUT2D eigenvalue weighted by atomic mass is 10.0. The molecule has 174 valence electrons. The lowest BCUT2D eigenvalue weighted by Gasteiger charge is -2.29. The predicted octanol–water partition coefficient (Wildman–Crippen LogP) is 4.06. The molecule has 0 amide bonds. The van der Waals surface area contributed by atoms with Crippen molar-refractivity contribution in [2.24, 2.45) is 4.99 Å². The van der Waals surface area contributed by atoms with Gasteiger partial charge in [-0.2, -0.15) is 0 Å². The van der Waals surface area contributed by atoms with E-state index in [0.717, 1.165) is 64.4 Å². The number of nitrogens with zero attached hydrogens (tertiary/aromatic N) is 2. The number of aliphatic hydroxyl groups is 1. The van der Waals surface area contributed by atoms with Gasteiger partial charge in [0.2, 0.25) is 0 Å². The van der Waals surface area contributed by atoms with Crippen LogP contribution < -0.4 is 10.6 Å². The zero-order valence-electron chi connectivity index (χ0n) is 20.0. The fourth-order valence-corrected chi connectivity index (χ4v) is 4.07. The lowest BCUT2D eigenvalue weighted by molar-refractivity contribution is 0.0792. The van der Waals surface area contributed by atoms with Gasteiger partial charge in [-0.3, -0.25) is 9.89 Å². The molecule has 1 heterocycles. The fraction of sp³-hybridized carbons (Fsp3) is 0.519. The molecule has 32 heavy (non-hydrogen) atoms. The molecule has 0 atom stereocenters. The molecule has 0 unspecified atom stereocenters. The van der Waals surface area contributed by atoms with E-state index in [4.69, 9.17) is 0 Å². The Bertz CT molecular complexity index is 822. The summed E-state index contributed by atoms with van der Waals surface area (Å²) in [4.78, 5) is 6.77. The van der Waals surface area contributed by atoms with E-state index < -0.39 is 0 Å². The van der Waals surface area contributed by atoms with Crippen molar-refractivity contribution in [1.82, 2.24) is 15.5 Å². The molecule has 0 spiro atoms. The minimum Gasteiger partial charge on any atom is -0.393 e. The maximum atomic E-state index is 9.65. The van der Waals surface area contributed by atoms with Crippen LogP contribution >= 0.6 is 0 Å². The van der Waals surface area contributed by atoms with Crippen molar-refractivity contribution in [1.29, 1.82) is 0 Å². The van der Waals surface area contributed by atoms with Crippen molar-refractivity contribution in [2.45, 2.75) is 64.6 Å². The predicted molar refractivity (Wildman–Crippen MR) is 134 cm³/mol. The van der Waals surface area contributed by atoms with Gasteiger partial charge in [-0.05, 0) is 53.9 Å². The van der Waals surface area contributed by atoms with E-state index in [1.54, 1.807) is 0 Å². The molecule has 0 bridgehead atoms. The first-order valence-corrected chi connectivity index (χ1v) is 12.0. The number of likely N-dealkylation sites (tertiary alicyclic amines) is 1. The number of nitrogens with one attached hydrogen (secondary N) is 2. The van der Waals surface area contributed by atoms with Crippen LogP contribution in [0.25, 0.3) is 0 Å². The van der Waals surface area contributed by atoms with Crippen LogP contribution in [0.5, 0.6) is 0 Å². The normalized spacial score (nSPS) is 15.8. The minimum atomic E-state index is -0.112. The number of guanidine groups is 1. The van der Waals surface area contributed by atoms with Gasteiger partial charge < -0.3 is 15.7 Å². The van der Waals surface area contributed by atoms with Gasteiger partial charge in [-0.25, -0.2) is 0 Å². The van der Waals surface area contributed by atoms with Crippen LogP contribution in [0.4, 0.5) is 0 Å². The SMILES string of the molecule is CN=C(NCCCc1ccc(C(C)C)cc1)NCc1ccc(CN2CCC(O)CC2)cc1. The Kier molecular flexibility index (Phi) is 9.57. The number of aliphatic hydroxyl groups excluding tert-OH is 1. The molecule has 3 N–H and O–H groups in total. The zero-order valence-corrected chi connectivity index (χ0v) is 20.0. The standard InChI is InChI=1S/C27H40N4O/c1-21(2)25-12-10-22(11-13-25)5-4-16-29-27(28-3)30-19-23-6-8-24(9-7-23)20-31-17-14-26(32)15-18-31/h6-13,21,26,32H,4-5,14-20H2,1-3H3,(H2,28,29,30). The highest BCUT2D eigenvalue weighted by molar-refractivity contribution is 5.79. The van der Waals surface area contributed by atoms with E-state index in [9.17, 15) is 5.11 Å². The highest BCUT2D eigenvalue weighted by atomic mass is 16.3. The Morgan fingerprint density at radius 3 is 2.22 bits per heavy atom. The smallest absolute Gasteiger partial charge is 0.191 e. The Labute approximate surface area is 194 Å². The first-order valence-electron chi connectivity index (χ1n) is 12.0. The third kappa shape index (κ3) is 7.95. The average Bonchev–Trinajstić information content (AvgIpc) is 2.81. The Morgan fingerprint density at radius 1 is 0.969 bits per heavy atom. The number of hydrogen-bond donors (Lipinski definition) is 3. The van der Waals surface area contributed by atoms with E-state index >= 15 is 0 Å². The molecule has 1 aliphatic heterocycles. The van der Waals surface area contributed by atoms with Crippen molar-refractivity contribution in [2.75, 3.05) is 26.7 Å². The molecule has 1 aliphatic rings. The van der Waals surface area contributed by atoms with Gasteiger partial charge in [0.15, 0.2) is 5.96 Å². The molecule has 0 aliphatic carbocycles. The van der Waals surface area contributed by atoms with Gasteiger partial charge in [-0.1, -0.05) is 62.4 Å². The molecule has 0 saturated carbocycles. The van der Waals surface area contributed by atoms with Gasteiger partial charge in [-0.15, -0.1) is 0 Å². The van der Waals surface area contributed by atoms with Crippen molar-refractivity contribution < 1.29 is 5.11 Å². The van der Waals surface area contributed by atoms with E-state index in [0.29, 0.717) is 5.92 Å². The van der Waals surface area contributed by atoms with Crippen molar-refractivity contribution >= 4 is 5.96 Å². The van der Waals surface area contributed by atoms with Crippen molar-refractivity contribution in [3.63, 3.8) is 0 Å². The van der Waals surface area contributed by atoms with E-state index in [2.05, 4.69) is 82.9 Å². The van der Waals surface area contributed by atoms with Crippen LogP contribution in [-0.2, 0) is 19.5 Å². The van der Waals surface area contributed by atoms with Crippen LogP contribution in [0.1, 0.15) is 61.3 Å². The van der Waals surface area contributed by atoms with Crippen molar-refractivity contribution in [3.05, 3.63) is 70.8 Å². The van der Waals surface area contributed by atoms with Gasteiger partial charge in [0.1, 0.15) is 0 Å². The Morgan fingerprint density at radius 2 is 1.59 bits per heavy atom. The summed E-state index contributed by atoms with van der Waals surface area (Å²) in [5, 5.41) is 16.5. The second-order valence-corrected chi connectivity index (χ2v) is 9.18. The molecule has 0 radical (unpaired) electrons. The molecule has 5 nitrogen and oxygen atoms in total. The summed E-state index contributed by atoms with van der Waals surface area (Å²) in [5.41, 5.74) is 5.36. The van der Waals surface area contributed by atoms with Crippen LogP contribution in [0.3, 0.4) is 0 Å². The number of aliphatic imine (C=N–C) groups is 1. The number of aryl methyl sites for hydroxylation is 1. The first kappa shape index (κ1) is 24.3. The Balaban J connectivity index is 1.34. The highest BCUT2D eigenvalue weighted by Crippen LogP contribution is 2.16. The molecular weight excluding hydrogens is 396 g/mol. The van der Waals surface area contributed by atoms with E-state index in [-0.39, 0.29) is 6.10 Å². The van der Waals surface area contributed by atoms with Crippen LogP contribution in [0.2, 0.25) is 0 Å². The number of piperidine rings is 1. The van der Waals surface area contributed by atoms with E-state index in [1.807, 2.05) is 7.05 Å². The topological polar surface area (TPSA) is 59.9 Å². The monoisotopic (exact) mass is 436 g/mol. The molecule has 3 rings (SSSR count). The number of benzene rings is 2. The number of hydrogen-bond acceptors (Lipinski definition) is 3.